The molecule has 0 N–H and O–H groups in total. The Morgan fingerprint density at radius 2 is 1.86 bits per heavy atom. The van der Waals surface area contributed by atoms with Crippen LogP contribution >= 0.6 is 0 Å². The van der Waals surface area contributed by atoms with Crippen molar-refractivity contribution in [2.75, 3.05) is 13.7 Å². The first kappa shape index (κ1) is 20.9. The normalized spacial score (nSPS) is 11.4. The molecule has 0 heterocycles. The van der Waals surface area contributed by atoms with E-state index in [4.69, 9.17) is 9.47 Å². The summed E-state index contributed by atoms with van der Waals surface area (Å²) in [5.74, 6) is -1.13. The van der Waals surface area contributed by atoms with Gasteiger partial charge in [-0.1, -0.05) is 30.3 Å². The van der Waals surface area contributed by atoms with Crippen LogP contribution in [0.5, 0.6) is 5.75 Å². The number of hydrogen-bond donors (Lipinski definition) is 0. The first-order chi connectivity index (χ1) is 13.3. The zero-order valence-electron chi connectivity index (χ0n) is 16.0. The minimum atomic E-state index is -1.04. The summed E-state index contributed by atoms with van der Waals surface area (Å²) in [5, 5.41) is 11.2. The number of benzene rings is 2. The van der Waals surface area contributed by atoms with Crippen molar-refractivity contribution in [1.29, 1.82) is 0 Å². The number of nitrogens with zero attached hydrogens (tertiary/aromatic N) is 2. The van der Waals surface area contributed by atoms with Gasteiger partial charge in [-0.25, -0.2) is 4.79 Å². The van der Waals surface area contributed by atoms with Gasteiger partial charge in [0.2, 0.25) is 0 Å². The number of amides is 1. The van der Waals surface area contributed by atoms with E-state index in [0.29, 0.717) is 6.54 Å². The van der Waals surface area contributed by atoms with Crippen molar-refractivity contribution in [2.24, 2.45) is 0 Å². The van der Waals surface area contributed by atoms with Crippen molar-refractivity contribution >= 4 is 17.6 Å². The molecule has 0 unspecified atom stereocenters. The number of nitro groups is 1. The predicted molar refractivity (Wildman–Crippen MR) is 102 cm³/mol. The lowest BCUT2D eigenvalue weighted by atomic mass is 10.2. The maximum absolute atomic E-state index is 12.4. The Bertz CT molecular complexity index is 853. The quantitative estimate of drug-likeness (QED) is 0.392. The number of hydrogen-bond acceptors (Lipinski definition) is 6. The number of carbonyl (C=O) groups excluding carboxylic acids is 2. The molecular formula is C20H22N2O6. The molecule has 2 rings (SSSR count). The summed E-state index contributed by atoms with van der Waals surface area (Å²) >= 11 is 0. The minimum Gasteiger partial charge on any atom is -0.487 e. The summed E-state index contributed by atoms with van der Waals surface area (Å²) in [5.41, 5.74) is 0.580. The van der Waals surface area contributed by atoms with E-state index in [0.717, 1.165) is 11.6 Å². The third-order valence-corrected chi connectivity index (χ3v) is 3.96. The molecule has 0 aliphatic heterocycles. The van der Waals surface area contributed by atoms with Crippen molar-refractivity contribution < 1.29 is 24.0 Å². The van der Waals surface area contributed by atoms with Crippen molar-refractivity contribution in [3.8, 4) is 5.75 Å². The van der Waals surface area contributed by atoms with Crippen molar-refractivity contribution in [2.45, 2.75) is 26.5 Å². The van der Waals surface area contributed by atoms with Gasteiger partial charge in [0.15, 0.2) is 11.9 Å². The van der Waals surface area contributed by atoms with Crippen LogP contribution in [0, 0.1) is 10.1 Å². The highest BCUT2D eigenvalue weighted by Crippen LogP contribution is 2.28. The zero-order chi connectivity index (χ0) is 20.7. The fraction of sp³-hybridized carbons (Fsp3) is 0.300. The van der Waals surface area contributed by atoms with E-state index in [1.165, 1.54) is 24.0 Å². The second-order valence-corrected chi connectivity index (χ2v) is 6.10. The Balaban J connectivity index is 2.05. The number of ether oxygens (including phenoxy) is 2. The van der Waals surface area contributed by atoms with Gasteiger partial charge in [0.25, 0.3) is 5.91 Å². The van der Waals surface area contributed by atoms with Gasteiger partial charge in [0.1, 0.15) is 0 Å². The Morgan fingerprint density at radius 3 is 2.46 bits per heavy atom. The van der Waals surface area contributed by atoms with E-state index in [1.807, 2.05) is 30.3 Å². The summed E-state index contributed by atoms with van der Waals surface area (Å²) in [6.07, 6.45) is -1.04. The second-order valence-electron chi connectivity index (χ2n) is 6.10. The number of likely N-dealkylation sites (N-methyl/N-ethyl adjacent to an activating group) is 1. The van der Waals surface area contributed by atoms with Crippen LogP contribution in [0.3, 0.4) is 0 Å². The third kappa shape index (κ3) is 5.29. The summed E-state index contributed by atoms with van der Waals surface area (Å²) in [4.78, 5) is 36.8. The number of nitro benzene ring substituents is 1. The SMILES string of the molecule is CCOc1ccc(C(=O)O[C@H](C)C(=O)N(C)Cc2ccccc2)cc1[N+](=O)[O-]. The topological polar surface area (TPSA) is 99.0 Å². The minimum absolute atomic E-state index is 0.0273. The van der Waals surface area contributed by atoms with Crippen LogP contribution in [0.15, 0.2) is 48.5 Å². The van der Waals surface area contributed by atoms with E-state index in [9.17, 15) is 19.7 Å². The monoisotopic (exact) mass is 386 g/mol. The Morgan fingerprint density at radius 1 is 1.18 bits per heavy atom. The molecule has 8 nitrogen and oxygen atoms in total. The average Bonchev–Trinajstić information content (AvgIpc) is 2.68. The standard InChI is InChI=1S/C20H22N2O6/c1-4-27-18-11-10-16(12-17(18)22(25)26)20(24)28-14(2)19(23)21(3)13-15-8-6-5-7-9-15/h5-12,14H,4,13H2,1-3H3/t14-/m1/s1. The lowest BCUT2D eigenvalue weighted by Gasteiger charge is -2.21. The van der Waals surface area contributed by atoms with E-state index >= 15 is 0 Å². The zero-order valence-corrected chi connectivity index (χ0v) is 16.0. The molecule has 1 atom stereocenters. The molecule has 0 aromatic heterocycles. The van der Waals surface area contributed by atoms with Crippen LogP contribution < -0.4 is 4.74 Å². The number of esters is 1. The Kier molecular flexibility index (Phi) is 7.08. The van der Waals surface area contributed by atoms with Gasteiger partial charge in [0.05, 0.1) is 17.1 Å². The molecule has 0 bridgehead atoms. The van der Waals surface area contributed by atoms with E-state index in [1.54, 1.807) is 14.0 Å². The van der Waals surface area contributed by atoms with Crippen LogP contribution in [0.4, 0.5) is 5.69 Å². The molecular weight excluding hydrogens is 364 g/mol. The van der Waals surface area contributed by atoms with Gasteiger partial charge in [-0.3, -0.25) is 14.9 Å². The van der Waals surface area contributed by atoms with Crippen molar-refractivity contribution in [1.82, 2.24) is 4.90 Å². The van der Waals surface area contributed by atoms with Gasteiger partial charge in [0, 0.05) is 19.7 Å². The molecule has 2 aromatic carbocycles. The molecule has 1 amide bonds. The van der Waals surface area contributed by atoms with Crippen LogP contribution in [0.1, 0.15) is 29.8 Å². The van der Waals surface area contributed by atoms with E-state index in [2.05, 4.69) is 0 Å². The molecule has 0 radical (unpaired) electrons. The van der Waals surface area contributed by atoms with E-state index in [-0.39, 0.29) is 29.5 Å². The molecule has 0 aliphatic rings. The largest absolute Gasteiger partial charge is 0.487 e. The highest BCUT2D eigenvalue weighted by Gasteiger charge is 2.24. The summed E-state index contributed by atoms with van der Waals surface area (Å²) < 4.78 is 10.4. The molecule has 0 fully saturated rings. The van der Waals surface area contributed by atoms with Crippen LogP contribution in [-0.4, -0.2) is 41.5 Å². The first-order valence-corrected chi connectivity index (χ1v) is 8.74. The third-order valence-electron chi connectivity index (χ3n) is 3.96. The van der Waals surface area contributed by atoms with E-state index < -0.39 is 17.0 Å². The van der Waals surface area contributed by atoms with Gasteiger partial charge in [-0.05, 0) is 31.5 Å². The molecule has 2 aromatic rings. The fourth-order valence-corrected chi connectivity index (χ4v) is 2.59. The molecule has 0 saturated heterocycles. The maximum atomic E-state index is 12.4. The molecule has 148 valence electrons. The van der Waals surface area contributed by atoms with Crippen LogP contribution in [-0.2, 0) is 16.1 Å². The van der Waals surface area contributed by atoms with Crippen molar-refractivity contribution in [3.63, 3.8) is 0 Å². The lowest BCUT2D eigenvalue weighted by Crippen LogP contribution is -2.37. The predicted octanol–water partition coefficient (Wildman–Crippen LogP) is 3.20. The Labute approximate surface area is 162 Å². The van der Waals surface area contributed by atoms with Crippen LogP contribution in [0.2, 0.25) is 0 Å². The highest BCUT2D eigenvalue weighted by molar-refractivity contribution is 5.93. The van der Waals surface area contributed by atoms with Gasteiger partial charge < -0.3 is 14.4 Å². The highest BCUT2D eigenvalue weighted by atomic mass is 16.6. The molecule has 0 saturated carbocycles. The molecule has 28 heavy (non-hydrogen) atoms. The molecule has 0 spiro atoms. The summed E-state index contributed by atoms with van der Waals surface area (Å²) in [6, 6.07) is 13.2. The Hall–Kier alpha value is -3.42. The average molecular weight is 386 g/mol. The molecule has 0 aliphatic carbocycles. The fourth-order valence-electron chi connectivity index (χ4n) is 2.59. The summed E-state index contributed by atoms with van der Waals surface area (Å²) in [6.45, 7) is 3.79. The first-order valence-electron chi connectivity index (χ1n) is 8.74. The van der Waals surface area contributed by atoms with Crippen molar-refractivity contribution in [3.05, 3.63) is 69.8 Å². The molecule has 8 heteroatoms. The van der Waals surface area contributed by atoms with Gasteiger partial charge in [-0.2, -0.15) is 0 Å². The number of carbonyl (C=O) groups is 2. The van der Waals surface area contributed by atoms with Gasteiger partial charge in [-0.15, -0.1) is 0 Å². The smallest absolute Gasteiger partial charge is 0.339 e. The van der Waals surface area contributed by atoms with Crippen LogP contribution in [0.25, 0.3) is 0 Å². The lowest BCUT2D eigenvalue weighted by molar-refractivity contribution is -0.385. The maximum Gasteiger partial charge on any atom is 0.339 e. The summed E-state index contributed by atoms with van der Waals surface area (Å²) in [7, 11) is 1.61. The second kappa shape index (κ2) is 9.50. The van der Waals surface area contributed by atoms with Gasteiger partial charge >= 0.3 is 11.7 Å². The number of rotatable bonds is 8.